The van der Waals surface area contributed by atoms with Gasteiger partial charge in [-0.05, 0) is 19.3 Å². The Balaban J connectivity index is 2.21. The maximum Gasteiger partial charge on any atom is 0.240 e. The Bertz CT molecular complexity index is 365. The zero-order valence-electron chi connectivity index (χ0n) is 8.35. The van der Waals surface area contributed by atoms with Gasteiger partial charge in [-0.25, -0.2) is 4.98 Å². The highest BCUT2D eigenvalue weighted by Crippen LogP contribution is 2.29. The van der Waals surface area contributed by atoms with Crippen molar-refractivity contribution in [3.8, 4) is 0 Å². The first kappa shape index (κ1) is 10.2. The van der Waals surface area contributed by atoms with Crippen LogP contribution in [0.1, 0.15) is 19.3 Å². The van der Waals surface area contributed by atoms with Crippen molar-refractivity contribution < 1.29 is 4.79 Å². The van der Waals surface area contributed by atoms with Gasteiger partial charge in [0.05, 0.1) is 6.20 Å². The third kappa shape index (κ3) is 2.04. The van der Waals surface area contributed by atoms with Gasteiger partial charge >= 0.3 is 0 Å². The Kier molecular flexibility index (Phi) is 2.77. The molecule has 1 aliphatic rings. The van der Waals surface area contributed by atoms with E-state index < -0.39 is 0 Å². The predicted molar refractivity (Wildman–Crippen MR) is 60.7 cm³/mol. The molecule has 15 heavy (non-hydrogen) atoms. The summed E-state index contributed by atoms with van der Waals surface area (Å²) >= 11 is 1.40. The van der Waals surface area contributed by atoms with Gasteiger partial charge in [-0.3, -0.25) is 4.79 Å². The average molecular weight is 226 g/mol. The molecule has 1 aromatic rings. The highest BCUT2D eigenvalue weighted by atomic mass is 32.1. The summed E-state index contributed by atoms with van der Waals surface area (Å²) < 4.78 is 0. The summed E-state index contributed by atoms with van der Waals surface area (Å²) in [4.78, 5) is 17.4. The molecule has 1 amide bonds. The molecular weight excluding hydrogens is 212 g/mol. The van der Waals surface area contributed by atoms with Crippen LogP contribution in [0, 0.1) is 0 Å². The van der Waals surface area contributed by atoms with Crippen LogP contribution in [-0.2, 0) is 4.79 Å². The monoisotopic (exact) mass is 226 g/mol. The summed E-state index contributed by atoms with van der Waals surface area (Å²) in [6.07, 6.45) is 4.55. The molecule has 0 bridgehead atoms. The van der Waals surface area contributed by atoms with Crippen molar-refractivity contribution >= 4 is 27.4 Å². The lowest BCUT2D eigenvalue weighted by Crippen LogP contribution is -2.47. The molecule has 2 rings (SSSR count). The number of carbonyl (C=O) groups is 1. The number of piperidine rings is 1. The molecule has 0 aromatic carbocycles. The predicted octanol–water partition coefficient (Wildman–Crippen LogP) is 0.569. The van der Waals surface area contributed by atoms with E-state index in [1.807, 2.05) is 4.90 Å². The zero-order valence-corrected chi connectivity index (χ0v) is 9.17. The van der Waals surface area contributed by atoms with Gasteiger partial charge in [0.15, 0.2) is 5.13 Å². The van der Waals surface area contributed by atoms with Gasteiger partial charge in [0, 0.05) is 6.54 Å². The largest absolute Gasteiger partial charge is 0.389 e. The van der Waals surface area contributed by atoms with E-state index in [4.69, 9.17) is 11.5 Å². The highest BCUT2D eigenvalue weighted by Gasteiger charge is 2.28. The quantitative estimate of drug-likeness (QED) is 0.772. The number of primary amides is 1. The number of carbonyl (C=O) groups excluding carboxylic acids is 1. The molecule has 1 aromatic heterocycles. The fourth-order valence-electron chi connectivity index (χ4n) is 1.87. The van der Waals surface area contributed by atoms with Crippen molar-refractivity contribution in [3.05, 3.63) is 6.20 Å². The lowest BCUT2D eigenvalue weighted by molar-refractivity contribution is -0.119. The molecule has 6 heteroatoms. The fourth-order valence-corrected chi connectivity index (χ4v) is 2.62. The number of nitrogens with two attached hydrogens (primary N) is 2. The van der Waals surface area contributed by atoms with E-state index in [1.54, 1.807) is 6.20 Å². The summed E-state index contributed by atoms with van der Waals surface area (Å²) in [5.74, 6) is -0.275. The summed E-state index contributed by atoms with van der Waals surface area (Å²) in [5.41, 5.74) is 11.0. The standard InChI is InChI=1S/C9H14N4OS/c10-7-5-12-9(15-7)13-4-2-1-3-6(13)8(11)14/h5-6H,1-4,10H2,(H2,11,14). The first-order chi connectivity index (χ1) is 7.18. The van der Waals surface area contributed by atoms with Gasteiger partial charge in [0.2, 0.25) is 5.91 Å². The van der Waals surface area contributed by atoms with Crippen molar-refractivity contribution in [2.75, 3.05) is 17.2 Å². The number of aromatic nitrogens is 1. The van der Waals surface area contributed by atoms with Crippen LogP contribution in [-0.4, -0.2) is 23.5 Å². The lowest BCUT2D eigenvalue weighted by Gasteiger charge is -2.33. The topological polar surface area (TPSA) is 85.2 Å². The Morgan fingerprint density at radius 3 is 3.00 bits per heavy atom. The van der Waals surface area contributed by atoms with Crippen molar-refractivity contribution in [2.24, 2.45) is 5.73 Å². The zero-order chi connectivity index (χ0) is 10.8. The molecule has 0 radical (unpaired) electrons. The van der Waals surface area contributed by atoms with Crippen LogP contribution >= 0.6 is 11.3 Å². The third-order valence-electron chi connectivity index (χ3n) is 2.59. The van der Waals surface area contributed by atoms with Crippen LogP contribution in [0.15, 0.2) is 6.20 Å². The van der Waals surface area contributed by atoms with Crippen LogP contribution in [0.25, 0.3) is 0 Å². The number of amides is 1. The minimum atomic E-state index is -0.275. The minimum absolute atomic E-state index is 0.218. The fraction of sp³-hybridized carbons (Fsp3) is 0.556. The van der Waals surface area contributed by atoms with E-state index in [0.29, 0.717) is 5.00 Å². The van der Waals surface area contributed by atoms with E-state index in [9.17, 15) is 4.79 Å². The molecule has 1 unspecified atom stereocenters. The first-order valence-electron chi connectivity index (χ1n) is 4.96. The molecule has 1 fully saturated rings. The number of hydrogen-bond donors (Lipinski definition) is 2. The smallest absolute Gasteiger partial charge is 0.240 e. The van der Waals surface area contributed by atoms with E-state index >= 15 is 0 Å². The second-order valence-electron chi connectivity index (χ2n) is 3.65. The molecule has 1 saturated heterocycles. The number of anilines is 2. The van der Waals surface area contributed by atoms with Crippen molar-refractivity contribution in [1.82, 2.24) is 4.98 Å². The van der Waals surface area contributed by atoms with Crippen LogP contribution < -0.4 is 16.4 Å². The van der Waals surface area contributed by atoms with Crippen LogP contribution in [0.3, 0.4) is 0 Å². The molecule has 0 saturated carbocycles. The van der Waals surface area contributed by atoms with E-state index in [0.717, 1.165) is 30.9 Å². The lowest BCUT2D eigenvalue weighted by atomic mass is 10.0. The minimum Gasteiger partial charge on any atom is -0.389 e. The average Bonchev–Trinajstić information content (AvgIpc) is 2.65. The maximum absolute atomic E-state index is 11.3. The van der Waals surface area contributed by atoms with E-state index in [-0.39, 0.29) is 11.9 Å². The van der Waals surface area contributed by atoms with Crippen molar-refractivity contribution in [1.29, 1.82) is 0 Å². The number of rotatable bonds is 2. The summed E-state index contributed by atoms with van der Waals surface area (Å²) in [6, 6.07) is -0.218. The molecule has 0 aliphatic carbocycles. The molecular formula is C9H14N4OS. The summed E-state index contributed by atoms with van der Waals surface area (Å²) in [5, 5.41) is 1.47. The number of hydrogen-bond acceptors (Lipinski definition) is 5. The highest BCUT2D eigenvalue weighted by molar-refractivity contribution is 7.19. The van der Waals surface area contributed by atoms with E-state index in [1.165, 1.54) is 11.3 Å². The van der Waals surface area contributed by atoms with Crippen molar-refractivity contribution in [2.45, 2.75) is 25.3 Å². The molecule has 82 valence electrons. The van der Waals surface area contributed by atoms with E-state index in [2.05, 4.69) is 4.98 Å². The van der Waals surface area contributed by atoms with Gasteiger partial charge in [-0.2, -0.15) is 0 Å². The molecule has 1 atom stereocenters. The van der Waals surface area contributed by atoms with Gasteiger partial charge < -0.3 is 16.4 Å². The van der Waals surface area contributed by atoms with Crippen LogP contribution in [0.2, 0.25) is 0 Å². The number of nitrogens with zero attached hydrogens (tertiary/aromatic N) is 2. The first-order valence-corrected chi connectivity index (χ1v) is 5.77. The maximum atomic E-state index is 11.3. The molecule has 0 spiro atoms. The van der Waals surface area contributed by atoms with Crippen LogP contribution in [0.4, 0.5) is 10.1 Å². The Morgan fingerprint density at radius 2 is 2.40 bits per heavy atom. The Hall–Kier alpha value is -1.30. The number of nitrogen functional groups attached to an aromatic ring is 1. The Labute approximate surface area is 92.1 Å². The Morgan fingerprint density at radius 1 is 1.60 bits per heavy atom. The second kappa shape index (κ2) is 4.06. The molecule has 4 N–H and O–H groups in total. The SMILES string of the molecule is NC(=O)C1CCCCN1c1ncc(N)s1. The molecule has 1 aliphatic heterocycles. The van der Waals surface area contributed by atoms with Gasteiger partial charge in [0.1, 0.15) is 11.0 Å². The summed E-state index contributed by atoms with van der Waals surface area (Å²) in [6.45, 7) is 0.834. The molecule has 2 heterocycles. The molecule has 5 nitrogen and oxygen atoms in total. The second-order valence-corrected chi connectivity index (χ2v) is 4.69. The third-order valence-corrected chi connectivity index (χ3v) is 3.45. The van der Waals surface area contributed by atoms with Crippen LogP contribution in [0.5, 0.6) is 0 Å². The normalized spacial score (nSPS) is 21.6. The van der Waals surface area contributed by atoms with Gasteiger partial charge in [-0.1, -0.05) is 11.3 Å². The van der Waals surface area contributed by atoms with Crippen molar-refractivity contribution in [3.63, 3.8) is 0 Å². The van der Waals surface area contributed by atoms with Gasteiger partial charge in [0.25, 0.3) is 0 Å². The number of thiazole rings is 1. The van der Waals surface area contributed by atoms with Gasteiger partial charge in [-0.15, -0.1) is 0 Å². The summed E-state index contributed by atoms with van der Waals surface area (Å²) in [7, 11) is 0.